The van der Waals surface area contributed by atoms with Crippen LogP contribution in [0, 0.1) is 6.92 Å². The first-order valence-corrected chi connectivity index (χ1v) is 9.76. The van der Waals surface area contributed by atoms with E-state index in [4.69, 9.17) is 11.6 Å². The zero-order valence-corrected chi connectivity index (χ0v) is 16.3. The van der Waals surface area contributed by atoms with Gasteiger partial charge in [0, 0.05) is 11.6 Å². The highest BCUT2D eigenvalue weighted by atomic mass is 35.5. The molecule has 0 bridgehead atoms. The van der Waals surface area contributed by atoms with Gasteiger partial charge in [-0.3, -0.25) is 9.89 Å². The van der Waals surface area contributed by atoms with Crippen LogP contribution in [0.4, 0.5) is 0 Å². The molecule has 2 aromatic carbocycles. The SMILES string of the molecule is Cc1ccccc1C=Cc1nc(SCC(=O)NCc2cccc(Cl)c2)n[nH]1. The van der Waals surface area contributed by atoms with E-state index in [0.29, 0.717) is 22.5 Å². The molecule has 0 unspecified atom stereocenters. The number of hydrogen-bond acceptors (Lipinski definition) is 4. The smallest absolute Gasteiger partial charge is 0.230 e. The van der Waals surface area contributed by atoms with E-state index < -0.39 is 0 Å². The van der Waals surface area contributed by atoms with Gasteiger partial charge in [-0.2, -0.15) is 0 Å². The summed E-state index contributed by atoms with van der Waals surface area (Å²) in [5, 5.41) is 11.1. The van der Waals surface area contributed by atoms with Gasteiger partial charge in [-0.25, -0.2) is 4.98 Å². The molecule has 0 spiro atoms. The fourth-order valence-electron chi connectivity index (χ4n) is 2.37. The fraction of sp³-hybridized carbons (Fsp3) is 0.150. The number of nitrogens with one attached hydrogen (secondary N) is 2. The van der Waals surface area contributed by atoms with Gasteiger partial charge in [0.05, 0.1) is 5.75 Å². The van der Waals surface area contributed by atoms with Gasteiger partial charge in [-0.05, 0) is 41.8 Å². The first kappa shape index (κ1) is 19.2. The van der Waals surface area contributed by atoms with E-state index >= 15 is 0 Å². The molecular formula is C20H19ClN4OS. The number of rotatable bonds is 7. The van der Waals surface area contributed by atoms with Gasteiger partial charge in [0.15, 0.2) is 0 Å². The summed E-state index contributed by atoms with van der Waals surface area (Å²) in [6.45, 7) is 2.50. The number of carbonyl (C=O) groups is 1. The van der Waals surface area contributed by atoms with Crippen LogP contribution in [0.15, 0.2) is 53.7 Å². The van der Waals surface area contributed by atoms with Crippen molar-refractivity contribution in [3.05, 3.63) is 76.1 Å². The predicted octanol–water partition coefficient (Wildman–Crippen LogP) is 4.35. The van der Waals surface area contributed by atoms with Gasteiger partial charge < -0.3 is 5.32 Å². The maximum absolute atomic E-state index is 12.0. The first-order chi connectivity index (χ1) is 13.1. The number of benzene rings is 2. The van der Waals surface area contributed by atoms with Crippen LogP contribution in [0.2, 0.25) is 5.02 Å². The lowest BCUT2D eigenvalue weighted by atomic mass is 10.1. The minimum absolute atomic E-state index is 0.0817. The summed E-state index contributed by atoms with van der Waals surface area (Å²) in [4.78, 5) is 16.4. The van der Waals surface area contributed by atoms with Gasteiger partial charge in [0.1, 0.15) is 5.82 Å². The van der Waals surface area contributed by atoms with Gasteiger partial charge in [0.2, 0.25) is 11.1 Å². The number of aromatic nitrogens is 3. The van der Waals surface area contributed by atoms with Crippen LogP contribution in [0.1, 0.15) is 22.5 Å². The standard InChI is InChI=1S/C20H19ClN4OS/c1-14-5-2-3-7-16(14)9-10-18-23-20(25-24-18)27-13-19(26)22-12-15-6-4-8-17(21)11-15/h2-11H,12-13H2,1H3,(H,22,26)(H,23,24,25). The Balaban J connectivity index is 1.47. The van der Waals surface area contributed by atoms with Crippen molar-refractivity contribution in [2.45, 2.75) is 18.6 Å². The lowest BCUT2D eigenvalue weighted by molar-refractivity contribution is -0.118. The van der Waals surface area contributed by atoms with Gasteiger partial charge in [-0.15, -0.1) is 5.10 Å². The molecule has 0 atom stereocenters. The van der Waals surface area contributed by atoms with Crippen molar-refractivity contribution in [1.82, 2.24) is 20.5 Å². The van der Waals surface area contributed by atoms with Crippen molar-refractivity contribution in [1.29, 1.82) is 0 Å². The highest BCUT2D eigenvalue weighted by Gasteiger charge is 2.07. The lowest BCUT2D eigenvalue weighted by Gasteiger charge is -2.04. The molecule has 1 amide bonds. The van der Waals surface area contributed by atoms with E-state index in [1.807, 2.05) is 48.6 Å². The molecule has 0 fully saturated rings. The molecule has 7 heteroatoms. The van der Waals surface area contributed by atoms with Crippen molar-refractivity contribution < 1.29 is 4.79 Å². The van der Waals surface area contributed by atoms with E-state index in [1.54, 1.807) is 6.07 Å². The minimum Gasteiger partial charge on any atom is -0.351 e. The summed E-state index contributed by atoms with van der Waals surface area (Å²) in [7, 11) is 0. The molecular weight excluding hydrogens is 380 g/mol. The molecule has 0 aliphatic rings. The number of H-pyrrole nitrogens is 1. The molecule has 0 saturated heterocycles. The molecule has 0 aliphatic heterocycles. The third-order valence-corrected chi connectivity index (χ3v) is 4.88. The average Bonchev–Trinajstić information content (AvgIpc) is 3.12. The van der Waals surface area contributed by atoms with Crippen LogP contribution < -0.4 is 5.32 Å². The normalized spacial score (nSPS) is 11.0. The van der Waals surface area contributed by atoms with E-state index in [2.05, 4.69) is 33.5 Å². The largest absolute Gasteiger partial charge is 0.351 e. The number of aryl methyl sites for hydroxylation is 1. The summed E-state index contributed by atoms with van der Waals surface area (Å²) in [5.41, 5.74) is 3.28. The van der Waals surface area contributed by atoms with Crippen LogP contribution in [0.5, 0.6) is 0 Å². The molecule has 5 nitrogen and oxygen atoms in total. The van der Waals surface area contributed by atoms with Crippen molar-refractivity contribution in [2.75, 3.05) is 5.75 Å². The van der Waals surface area contributed by atoms with Gasteiger partial charge in [0.25, 0.3) is 0 Å². The van der Waals surface area contributed by atoms with E-state index in [0.717, 1.165) is 11.1 Å². The maximum Gasteiger partial charge on any atom is 0.230 e. The summed E-state index contributed by atoms with van der Waals surface area (Å²) in [6.07, 6.45) is 3.86. The van der Waals surface area contributed by atoms with Crippen LogP contribution in [0.3, 0.4) is 0 Å². The molecule has 1 heterocycles. The molecule has 1 aromatic heterocycles. The third-order valence-electron chi connectivity index (χ3n) is 3.80. The highest BCUT2D eigenvalue weighted by molar-refractivity contribution is 7.99. The van der Waals surface area contributed by atoms with Crippen molar-refractivity contribution in [3.8, 4) is 0 Å². The second kappa shape index (κ2) is 9.39. The molecule has 0 aliphatic carbocycles. The van der Waals surface area contributed by atoms with Crippen molar-refractivity contribution in [3.63, 3.8) is 0 Å². The first-order valence-electron chi connectivity index (χ1n) is 8.40. The summed E-state index contributed by atoms with van der Waals surface area (Å²) >= 11 is 7.22. The molecule has 3 rings (SSSR count). The number of hydrogen-bond donors (Lipinski definition) is 2. The second-order valence-corrected chi connectivity index (χ2v) is 7.27. The Morgan fingerprint density at radius 1 is 1.22 bits per heavy atom. The Kier molecular flexibility index (Phi) is 6.68. The number of amides is 1. The van der Waals surface area contributed by atoms with Gasteiger partial charge in [-0.1, -0.05) is 65.8 Å². The van der Waals surface area contributed by atoms with E-state index in [1.165, 1.54) is 17.3 Å². The monoisotopic (exact) mass is 398 g/mol. The Morgan fingerprint density at radius 3 is 2.89 bits per heavy atom. The summed E-state index contributed by atoms with van der Waals surface area (Å²) in [6, 6.07) is 15.5. The van der Waals surface area contributed by atoms with Crippen LogP contribution in [-0.2, 0) is 11.3 Å². The van der Waals surface area contributed by atoms with Crippen LogP contribution in [0.25, 0.3) is 12.2 Å². The number of thioether (sulfide) groups is 1. The van der Waals surface area contributed by atoms with E-state index in [-0.39, 0.29) is 11.7 Å². The number of carbonyl (C=O) groups excluding carboxylic acids is 1. The maximum atomic E-state index is 12.0. The predicted molar refractivity (Wildman–Crippen MR) is 111 cm³/mol. The highest BCUT2D eigenvalue weighted by Crippen LogP contribution is 2.15. The topological polar surface area (TPSA) is 70.7 Å². The zero-order chi connectivity index (χ0) is 19.1. The Morgan fingerprint density at radius 2 is 2.07 bits per heavy atom. The third kappa shape index (κ3) is 5.98. The molecule has 27 heavy (non-hydrogen) atoms. The summed E-state index contributed by atoms with van der Waals surface area (Å²) in [5.74, 6) is 0.821. The van der Waals surface area contributed by atoms with Crippen LogP contribution in [-0.4, -0.2) is 26.8 Å². The summed E-state index contributed by atoms with van der Waals surface area (Å²) < 4.78 is 0. The Labute approximate surface area is 167 Å². The quantitative estimate of drug-likeness (QED) is 0.580. The number of halogens is 1. The lowest BCUT2D eigenvalue weighted by Crippen LogP contribution is -2.24. The zero-order valence-electron chi connectivity index (χ0n) is 14.8. The molecule has 0 radical (unpaired) electrons. The Hall–Kier alpha value is -2.57. The molecule has 2 N–H and O–H groups in total. The Bertz CT molecular complexity index is 954. The molecule has 138 valence electrons. The average molecular weight is 399 g/mol. The van der Waals surface area contributed by atoms with E-state index in [9.17, 15) is 4.79 Å². The minimum atomic E-state index is -0.0817. The van der Waals surface area contributed by atoms with Crippen molar-refractivity contribution in [2.24, 2.45) is 0 Å². The molecule has 0 saturated carbocycles. The second-order valence-electron chi connectivity index (χ2n) is 5.89. The molecule has 3 aromatic rings. The van der Waals surface area contributed by atoms with Crippen molar-refractivity contribution >= 4 is 41.4 Å². The fourth-order valence-corrected chi connectivity index (χ4v) is 3.22. The number of nitrogens with zero attached hydrogens (tertiary/aromatic N) is 2. The van der Waals surface area contributed by atoms with Crippen LogP contribution >= 0.6 is 23.4 Å². The van der Waals surface area contributed by atoms with Gasteiger partial charge >= 0.3 is 0 Å². The number of aromatic amines is 1.